The van der Waals surface area contributed by atoms with Gasteiger partial charge in [0.2, 0.25) is 0 Å². The third-order valence-electron chi connectivity index (χ3n) is 5.02. The van der Waals surface area contributed by atoms with E-state index in [0.717, 1.165) is 17.0 Å². The van der Waals surface area contributed by atoms with E-state index in [1.54, 1.807) is 39.9 Å². The Kier molecular flexibility index (Phi) is 3.77. The number of fused-ring (bicyclic) bond motifs is 3. The van der Waals surface area contributed by atoms with Crippen molar-refractivity contribution in [3.8, 4) is 0 Å². The lowest BCUT2D eigenvalue weighted by atomic mass is 10.0. The molecule has 5 heteroatoms. The normalized spacial score (nSPS) is 17.9. The van der Waals surface area contributed by atoms with Gasteiger partial charge in [-0.15, -0.1) is 0 Å². The highest BCUT2D eigenvalue weighted by molar-refractivity contribution is 5.89. The minimum atomic E-state index is -2.30. The largest absolute Gasteiger partial charge is 0.444 e. The fraction of sp³-hybridized carbons (Fsp3) is 0.360. The number of carbonyl (C=O) groups is 1. The molecule has 0 aliphatic carbocycles. The van der Waals surface area contributed by atoms with Gasteiger partial charge in [-0.1, -0.05) is 17.7 Å². The molecular formula is C25H29N3O2. The highest BCUT2D eigenvalue weighted by atomic mass is 16.6. The summed E-state index contributed by atoms with van der Waals surface area (Å²) in [5.74, 6) is 0. The van der Waals surface area contributed by atoms with Gasteiger partial charge in [-0.3, -0.25) is 4.98 Å². The fourth-order valence-electron chi connectivity index (χ4n) is 3.63. The van der Waals surface area contributed by atoms with Crippen molar-refractivity contribution < 1.29 is 16.4 Å². The van der Waals surface area contributed by atoms with Gasteiger partial charge in [0.05, 0.1) is 14.8 Å². The van der Waals surface area contributed by atoms with E-state index in [1.807, 2.05) is 27.7 Å². The van der Waals surface area contributed by atoms with Crippen molar-refractivity contribution in [1.82, 2.24) is 14.5 Å². The van der Waals surface area contributed by atoms with Gasteiger partial charge in [-0.2, -0.15) is 0 Å². The lowest BCUT2D eigenvalue weighted by Crippen LogP contribution is -2.40. The van der Waals surface area contributed by atoms with Gasteiger partial charge in [0.1, 0.15) is 5.60 Å². The first-order valence-electron chi connectivity index (χ1n) is 12.5. The van der Waals surface area contributed by atoms with E-state index < -0.39 is 18.5 Å². The Balaban J connectivity index is 1.88. The molecule has 0 radical (unpaired) electrons. The topological polar surface area (TPSA) is 47.4 Å². The molecule has 5 nitrogen and oxygen atoms in total. The van der Waals surface area contributed by atoms with Crippen LogP contribution in [-0.4, -0.2) is 32.7 Å². The first-order chi connectivity index (χ1) is 16.3. The van der Waals surface area contributed by atoms with E-state index in [1.165, 1.54) is 6.07 Å². The summed E-state index contributed by atoms with van der Waals surface area (Å²) in [5.41, 5.74) is 3.06. The van der Waals surface area contributed by atoms with Crippen LogP contribution in [0.15, 0.2) is 36.5 Å². The first kappa shape index (κ1) is 14.8. The van der Waals surface area contributed by atoms with Crippen LogP contribution < -0.4 is 0 Å². The van der Waals surface area contributed by atoms with E-state index >= 15 is 0 Å². The van der Waals surface area contributed by atoms with Crippen molar-refractivity contribution in [1.29, 1.82) is 0 Å². The number of hydrogen-bond acceptors (Lipinski definition) is 3. The Bertz CT molecular complexity index is 1320. The summed E-state index contributed by atoms with van der Waals surface area (Å²) in [7, 11) is 0. The summed E-state index contributed by atoms with van der Waals surface area (Å²) in [5, 5.41) is 0.654. The molecule has 2 aromatic heterocycles. The van der Waals surface area contributed by atoms with Crippen molar-refractivity contribution in [2.24, 2.45) is 0 Å². The first-order valence-corrected chi connectivity index (χ1v) is 10.0. The Morgan fingerprint density at radius 3 is 2.83 bits per heavy atom. The maximum absolute atomic E-state index is 12.8. The van der Waals surface area contributed by atoms with Crippen LogP contribution in [0.25, 0.3) is 23.1 Å². The van der Waals surface area contributed by atoms with Crippen LogP contribution in [0.3, 0.4) is 0 Å². The second-order valence-electron chi connectivity index (χ2n) is 8.57. The van der Waals surface area contributed by atoms with Crippen LogP contribution in [-0.2, 0) is 17.7 Å². The molecule has 1 aliphatic heterocycles. The molecule has 0 saturated carbocycles. The molecule has 3 aromatic rings. The Morgan fingerprint density at radius 1 is 1.30 bits per heavy atom. The molecule has 156 valence electrons. The molecule has 0 unspecified atom stereocenters. The molecule has 30 heavy (non-hydrogen) atoms. The summed E-state index contributed by atoms with van der Waals surface area (Å²) >= 11 is 0. The molecule has 0 atom stereocenters. The van der Waals surface area contributed by atoms with E-state index in [4.69, 9.17) is 11.6 Å². The van der Waals surface area contributed by atoms with Crippen LogP contribution in [0.4, 0.5) is 4.79 Å². The smallest absolute Gasteiger partial charge is 0.410 e. The third kappa shape index (κ3) is 4.11. The van der Waals surface area contributed by atoms with Crippen molar-refractivity contribution >= 4 is 29.2 Å². The predicted octanol–water partition coefficient (Wildman–Crippen LogP) is 5.57. The average Bonchev–Trinajstić information content (AvgIpc) is 3.10. The monoisotopic (exact) mass is 408 g/mol. The van der Waals surface area contributed by atoms with Gasteiger partial charge < -0.3 is 14.2 Å². The predicted molar refractivity (Wildman–Crippen MR) is 121 cm³/mol. The number of hydrogen-bond donors (Lipinski definition) is 0. The molecule has 3 heterocycles. The van der Waals surface area contributed by atoms with Gasteiger partial charge in [-0.05, 0) is 64.4 Å². The molecule has 0 N–H and O–H groups in total. The minimum Gasteiger partial charge on any atom is -0.444 e. The Hall–Kier alpha value is -3.08. The van der Waals surface area contributed by atoms with E-state index in [-0.39, 0.29) is 24.3 Å². The van der Waals surface area contributed by atoms with Crippen molar-refractivity contribution in [3.63, 3.8) is 0 Å². The summed E-state index contributed by atoms with van der Waals surface area (Å²) in [6.45, 7) is 5.59. The second-order valence-corrected chi connectivity index (χ2v) is 8.57. The summed E-state index contributed by atoms with van der Waals surface area (Å²) in [6, 6.07) is 8.39. The van der Waals surface area contributed by atoms with Gasteiger partial charge in [0.25, 0.3) is 0 Å². The molecule has 0 spiro atoms. The van der Waals surface area contributed by atoms with E-state index in [2.05, 4.69) is 4.98 Å². The van der Waals surface area contributed by atoms with E-state index in [0.29, 0.717) is 29.4 Å². The number of ether oxygens (including phenoxy) is 1. The zero-order valence-corrected chi connectivity index (χ0v) is 17.7. The molecule has 0 bridgehead atoms. The van der Waals surface area contributed by atoms with Crippen LogP contribution in [0, 0.1) is 13.8 Å². The van der Waals surface area contributed by atoms with Crippen LogP contribution >= 0.6 is 0 Å². The van der Waals surface area contributed by atoms with Crippen LogP contribution in [0.5, 0.6) is 0 Å². The molecule has 1 aliphatic rings. The Labute approximate surface area is 185 Å². The lowest BCUT2D eigenvalue weighted by molar-refractivity contribution is 0.0224. The summed E-state index contributed by atoms with van der Waals surface area (Å²) < 4.78 is 48.3. The molecule has 0 saturated heterocycles. The number of carbonyl (C=O) groups excluding carboxylic acids is 1. The number of amides is 1. The summed E-state index contributed by atoms with van der Waals surface area (Å²) in [4.78, 5) is 18.6. The zero-order valence-electron chi connectivity index (χ0n) is 22.7. The highest BCUT2D eigenvalue weighted by Crippen LogP contribution is 2.32. The number of benzene rings is 1. The zero-order chi connectivity index (χ0) is 25.7. The third-order valence-corrected chi connectivity index (χ3v) is 5.02. The number of aryl methyl sites for hydroxylation is 2. The van der Waals surface area contributed by atoms with E-state index in [9.17, 15) is 4.79 Å². The van der Waals surface area contributed by atoms with Gasteiger partial charge in [0, 0.05) is 51.8 Å². The van der Waals surface area contributed by atoms with Crippen LogP contribution in [0.1, 0.15) is 55.7 Å². The molecule has 1 amide bonds. The lowest BCUT2D eigenvalue weighted by Gasteiger charge is -2.30. The number of nitrogens with zero attached hydrogens (tertiary/aromatic N) is 3. The van der Waals surface area contributed by atoms with Gasteiger partial charge >= 0.3 is 6.09 Å². The standard InChI is InChI=1S/C25H29N3O2/c1-17-6-9-22-20(14-17)21-16-27(24(29)30-25(3,4)5)12-11-23(21)28(22)13-10-19-8-7-18(2)26-15-19/h6-10,13-15H,11-12,16H2,1-5H3/i1D3,10D,13D. The molecule has 4 rings (SSSR count). The number of aromatic nitrogens is 2. The van der Waals surface area contributed by atoms with Gasteiger partial charge in [0.15, 0.2) is 0 Å². The SMILES string of the molecule is [2H]C(=C([2H])n1c2c(c3cc(C([2H])([2H])[2H])ccc31)CN(C(=O)OC(C)(C)C)CC2)c1ccc(C)nc1. The number of rotatable bonds is 2. The average molecular weight is 409 g/mol. The number of pyridine rings is 1. The van der Waals surface area contributed by atoms with Crippen molar-refractivity contribution in [3.05, 3.63) is 64.6 Å². The maximum atomic E-state index is 12.8. The highest BCUT2D eigenvalue weighted by Gasteiger charge is 2.29. The van der Waals surface area contributed by atoms with Crippen molar-refractivity contribution in [2.75, 3.05) is 6.54 Å². The quantitative estimate of drug-likeness (QED) is 0.556. The van der Waals surface area contributed by atoms with Crippen molar-refractivity contribution in [2.45, 2.75) is 53.1 Å². The second kappa shape index (κ2) is 7.63. The molecule has 0 fully saturated rings. The fourth-order valence-corrected chi connectivity index (χ4v) is 3.63. The summed E-state index contributed by atoms with van der Waals surface area (Å²) in [6.07, 6.45) is 1.54. The maximum Gasteiger partial charge on any atom is 0.410 e. The Morgan fingerprint density at radius 2 is 2.13 bits per heavy atom. The minimum absolute atomic E-state index is 0.00618. The van der Waals surface area contributed by atoms with Gasteiger partial charge in [-0.25, -0.2) is 4.79 Å². The van der Waals surface area contributed by atoms with Crippen LogP contribution in [0.2, 0.25) is 0 Å². The molecular weight excluding hydrogens is 374 g/mol. The molecule has 1 aromatic carbocycles.